The van der Waals surface area contributed by atoms with Crippen LogP contribution in [0.1, 0.15) is 49.8 Å². The lowest BCUT2D eigenvalue weighted by molar-refractivity contribution is -0.00364. The number of benzene rings is 1. The van der Waals surface area contributed by atoms with Gasteiger partial charge in [-0.05, 0) is 57.2 Å². The van der Waals surface area contributed by atoms with Crippen LogP contribution in [0.5, 0.6) is 0 Å². The molecule has 0 spiro atoms. The van der Waals surface area contributed by atoms with Gasteiger partial charge in [0.15, 0.2) is 0 Å². The third-order valence-electron chi connectivity index (χ3n) is 4.71. The Kier molecular flexibility index (Phi) is 4.32. The van der Waals surface area contributed by atoms with E-state index in [0.717, 1.165) is 24.4 Å². The van der Waals surface area contributed by atoms with Gasteiger partial charge in [-0.25, -0.2) is 0 Å². The highest BCUT2D eigenvalue weighted by Crippen LogP contribution is 2.34. The maximum atomic E-state index is 11.1. The first-order valence-corrected chi connectivity index (χ1v) is 7.48. The van der Waals surface area contributed by atoms with Crippen LogP contribution in [0.25, 0.3) is 0 Å². The summed E-state index contributed by atoms with van der Waals surface area (Å²) >= 11 is 0. The van der Waals surface area contributed by atoms with E-state index >= 15 is 0 Å². The first-order chi connectivity index (χ1) is 8.95. The van der Waals surface area contributed by atoms with Crippen LogP contribution in [0.15, 0.2) is 18.2 Å². The van der Waals surface area contributed by atoms with E-state index in [1.807, 2.05) is 6.92 Å². The first-order valence-electron chi connectivity index (χ1n) is 7.48. The third-order valence-corrected chi connectivity index (χ3v) is 4.71. The van der Waals surface area contributed by atoms with Gasteiger partial charge in [-0.2, -0.15) is 0 Å². The highest BCUT2D eigenvalue weighted by atomic mass is 16.3. The van der Waals surface area contributed by atoms with Gasteiger partial charge >= 0.3 is 0 Å². The highest BCUT2D eigenvalue weighted by Gasteiger charge is 2.37. The summed E-state index contributed by atoms with van der Waals surface area (Å²) in [7, 11) is 0. The number of nitrogens with one attached hydrogen (secondary N) is 1. The summed E-state index contributed by atoms with van der Waals surface area (Å²) in [6.07, 6.45) is 3.51. The largest absolute Gasteiger partial charge is 0.384 e. The van der Waals surface area contributed by atoms with Gasteiger partial charge in [0.25, 0.3) is 0 Å². The van der Waals surface area contributed by atoms with Crippen molar-refractivity contribution in [3.63, 3.8) is 0 Å². The summed E-state index contributed by atoms with van der Waals surface area (Å²) < 4.78 is 0. The molecule has 0 radical (unpaired) electrons. The zero-order valence-electron chi connectivity index (χ0n) is 12.7. The molecule has 3 unspecified atom stereocenters. The quantitative estimate of drug-likeness (QED) is 0.875. The average Bonchev–Trinajstić information content (AvgIpc) is 2.41. The topological polar surface area (TPSA) is 32.3 Å². The van der Waals surface area contributed by atoms with Crippen molar-refractivity contribution >= 4 is 0 Å². The zero-order chi connectivity index (χ0) is 14.0. The highest BCUT2D eigenvalue weighted by molar-refractivity contribution is 5.35. The van der Waals surface area contributed by atoms with Gasteiger partial charge in [0, 0.05) is 6.04 Å². The number of rotatable bonds is 3. The van der Waals surface area contributed by atoms with Crippen molar-refractivity contribution < 1.29 is 5.11 Å². The smallest absolute Gasteiger partial charge is 0.102 e. The lowest BCUT2D eigenvalue weighted by Gasteiger charge is -2.40. The number of piperidine rings is 1. The molecule has 2 rings (SSSR count). The zero-order valence-corrected chi connectivity index (χ0v) is 12.7. The van der Waals surface area contributed by atoms with Crippen LogP contribution in [-0.2, 0) is 5.60 Å². The van der Waals surface area contributed by atoms with Crippen LogP contribution in [0.3, 0.4) is 0 Å². The second-order valence-electron chi connectivity index (χ2n) is 6.27. The van der Waals surface area contributed by atoms with Crippen LogP contribution < -0.4 is 5.32 Å². The summed E-state index contributed by atoms with van der Waals surface area (Å²) in [5.74, 6) is 0.739. The average molecular weight is 261 g/mol. The van der Waals surface area contributed by atoms with Crippen LogP contribution in [0.2, 0.25) is 0 Å². The number of aryl methyl sites for hydroxylation is 2. The van der Waals surface area contributed by atoms with Crippen LogP contribution in [0.4, 0.5) is 0 Å². The molecule has 3 atom stereocenters. The maximum Gasteiger partial charge on any atom is 0.102 e. The summed E-state index contributed by atoms with van der Waals surface area (Å²) in [6, 6.07) is 6.51. The third kappa shape index (κ3) is 3.01. The maximum absolute atomic E-state index is 11.1. The minimum atomic E-state index is -0.788. The summed E-state index contributed by atoms with van der Waals surface area (Å²) in [4.78, 5) is 0. The molecule has 1 aromatic carbocycles. The monoisotopic (exact) mass is 261 g/mol. The van der Waals surface area contributed by atoms with Gasteiger partial charge in [-0.1, -0.05) is 37.1 Å². The Hall–Kier alpha value is -0.860. The van der Waals surface area contributed by atoms with Crippen molar-refractivity contribution in [2.75, 3.05) is 6.54 Å². The second kappa shape index (κ2) is 5.64. The van der Waals surface area contributed by atoms with Gasteiger partial charge in [0.2, 0.25) is 0 Å². The Labute approximate surface area is 117 Å². The lowest BCUT2D eigenvalue weighted by atomic mass is 9.77. The van der Waals surface area contributed by atoms with Crippen molar-refractivity contribution in [2.45, 2.75) is 58.6 Å². The predicted molar refractivity (Wildman–Crippen MR) is 80.3 cm³/mol. The molecule has 0 amide bonds. The molecule has 1 saturated heterocycles. The van der Waals surface area contributed by atoms with Crippen LogP contribution in [-0.4, -0.2) is 17.7 Å². The molecule has 2 heteroatoms. The van der Waals surface area contributed by atoms with Gasteiger partial charge in [-0.3, -0.25) is 0 Å². The molecule has 106 valence electrons. The van der Waals surface area contributed by atoms with Gasteiger partial charge in [0.05, 0.1) is 0 Å². The van der Waals surface area contributed by atoms with E-state index in [4.69, 9.17) is 0 Å². The molecule has 1 fully saturated rings. The van der Waals surface area contributed by atoms with E-state index < -0.39 is 5.60 Å². The minimum Gasteiger partial charge on any atom is -0.384 e. The minimum absolute atomic E-state index is 0.159. The predicted octanol–water partition coefficient (Wildman–Crippen LogP) is 3.29. The molecule has 0 saturated carbocycles. The van der Waals surface area contributed by atoms with E-state index in [2.05, 4.69) is 44.3 Å². The Morgan fingerprint density at radius 1 is 1.37 bits per heavy atom. The normalized spacial score (nSPS) is 27.0. The lowest BCUT2D eigenvalue weighted by Crippen LogP contribution is -2.51. The first kappa shape index (κ1) is 14.5. The van der Waals surface area contributed by atoms with Crippen LogP contribution in [0, 0.1) is 19.8 Å². The fourth-order valence-electron chi connectivity index (χ4n) is 3.26. The van der Waals surface area contributed by atoms with Crippen molar-refractivity contribution in [2.24, 2.45) is 5.92 Å². The van der Waals surface area contributed by atoms with E-state index in [0.29, 0.717) is 0 Å². The molecule has 1 aliphatic heterocycles. The standard InChI is InChI=1S/C17H27NO/c1-5-14-8-9-18-16(11-14)17(4,19)15-10-12(2)6-7-13(15)3/h6-7,10,14,16,18-19H,5,8-9,11H2,1-4H3. The number of aliphatic hydroxyl groups is 1. The van der Waals surface area contributed by atoms with Crippen molar-refractivity contribution in [1.82, 2.24) is 5.32 Å². The molecule has 1 aliphatic rings. The fourth-order valence-corrected chi connectivity index (χ4v) is 3.26. The molecule has 2 N–H and O–H groups in total. The van der Waals surface area contributed by atoms with Crippen molar-refractivity contribution in [1.29, 1.82) is 0 Å². The van der Waals surface area contributed by atoms with E-state index in [-0.39, 0.29) is 6.04 Å². The molecular weight excluding hydrogens is 234 g/mol. The molecule has 0 aromatic heterocycles. The SMILES string of the molecule is CCC1CCNC(C(C)(O)c2cc(C)ccc2C)C1. The fraction of sp³-hybridized carbons (Fsp3) is 0.647. The second-order valence-corrected chi connectivity index (χ2v) is 6.27. The van der Waals surface area contributed by atoms with Gasteiger partial charge < -0.3 is 10.4 Å². The number of hydrogen-bond donors (Lipinski definition) is 2. The Balaban J connectivity index is 2.27. The van der Waals surface area contributed by atoms with Crippen LogP contribution >= 0.6 is 0 Å². The molecule has 0 aliphatic carbocycles. The summed E-state index contributed by atoms with van der Waals surface area (Å²) in [5, 5.41) is 14.6. The molecule has 0 bridgehead atoms. The summed E-state index contributed by atoms with van der Waals surface area (Å²) in [5.41, 5.74) is 2.67. The Bertz CT molecular complexity index is 439. The molecule has 1 heterocycles. The number of hydrogen-bond acceptors (Lipinski definition) is 2. The molecule has 1 aromatic rings. The summed E-state index contributed by atoms with van der Waals surface area (Å²) in [6.45, 7) is 9.40. The Morgan fingerprint density at radius 2 is 2.11 bits per heavy atom. The van der Waals surface area contributed by atoms with Gasteiger partial charge in [-0.15, -0.1) is 0 Å². The van der Waals surface area contributed by atoms with E-state index in [1.54, 1.807) is 0 Å². The van der Waals surface area contributed by atoms with Crippen molar-refractivity contribution in [3.05, 3.63) is 34.9 Å². The molecule has 19 heavy (non-hydrogen) atoms. The molecule has 2 nitrogen and oxygen atoms in total. The van der Waals surface area contributed by atoms with Gasteiger partial charge in [0.1, 0.15) is 5.60 Å². The van der Waals surface area contributed by atoms with E-state index in [1.165, 1.54) is 24.0 Å². The Morgan fingerprint density at radius 3 is 2.79 bits per heavy atom. The molecular formula is C17H27NO. The van der Waals surface area contributed by atoms with E-state index in [9.17, 15) is 5.11 Å². The van der Waals surface area contributed by atoms with Crippen molar-refractivity contribution in [3.8, 4) is 0 Å².